The van der Waals surface area contributed by atoms with Crippen molar-refractivity contribution in [1.29, 1.82) is 0 Å². The molecule has 0 aliphatic carbocycles. The topological polar surface area (TPSA) is 52.6 Å². The van der Waals surface area contributed by atoms with Crippen LogP contribution in [-0.2, 0) is 6.51 Å². The van der Waals surface area contributed by atoms with Gasteiger partial charge in [0.15, 0.2) is 0 Å². The standard InChI is InChI=1S/2C13H11O2.Fe/c2*1-15-12-8-6-11(7-9-12)13(14)10-4-2-3-5-10;/h2*2-9H,1H3;. The van der Waals surface area contributed by atoms with Crippen molar-refractivity contribution in [3.8, 4) is 11.5 Å². The molecule has 0 radical (unpaired) electrons. The van der Waals surface area contributed by atoms with Gasteiger partial charge < -0.3 is 0 Å². The molecule has 31 heavy (non-hydrogen) atoms. The minimum absolute atomic E-state index is 0.00881. The maximum absolute atomic E-state index is 14.3. The number of carbonyl (C=O) groups excluding carboxylic acids is 2. The number of methoxy groups -OCH3 is 2. The molecule has 12 rings (SSSR count). The predicted molar refractivity (Wildman–Crippen MR) is 110 cm³/mol. The van der Waals surface area contributed by atoms with Gasteiger partial charge in [0.1, 0.15) is 0 Å². The van der Waals surface area contributed by atoms with E-state index in [9.17, 15) is 9.59 Å². The van der Waals surface area contributed by atoms with Gasteiger partial charge in [0.2, 0.25) is 0 Å². The normalized spacial score (nSPS) is 72.5. The quantitative estimate of drug-likeness (QED) is 0.403. The monoisotopic (exact) mass is 454 g/mol. The van der Waals surface area contributed by atoms with Crippen LogP contribution in [0, 0.1) is 0 Å². The first kappa shape index (κ1) is 14.1. The molecule has 8 atom stereocenters. The first-order chi connectivity index (χ1) is 14.8. The van der Waals surface area contributed by atoms with Crippen molar-refractivity contribution in [2.45, 2.75) is 47.2 Å². The number of hydrogen-bond acceptors (Lipinski definition) is 4. The van der Waals surface area contributed by atoms with Gasteiger partial charge in [0.05, 0.1) is 0 Å². The van der Waals surface area contributed by atoms with Crippen LogP contribution in [0.4, 0.5) is 0 Å². The Hall–Kier alpha value is -2.10. The second kappa shape index (κ2) is 1.77. The fourth-order valence-corrected chi connectivity index (χ4v) is 95.1. The molecule has 10 saturated heterocycles. The molecule has 0 amide bonds. The Morgan fingerprint density at radius 1 is 0.645 bits per heavy atom. The molecule has 158 valence electrons. The summed E-state index contributed by atoms with van der Waals surface area (Å²) in [5.74, 6) is 2.49. The Balaban J connectivity index is 1.11. The second-order valence-corrected chi connectivity index (χ2v) is 37.1. The number of ketones is 2. The van der Waals surface area contributed by atoms with E-state index in [1.165, 1.54) is 0 Å². The third-order valence-corrected chi connectivity index (χ3v) is 60.9. The number of fused-ring (bicyclic) bond motifs is 10. The van der Waals surface area contributed by atoms with Crippen LogP contribution in [-0.4, -0.2) is 25.8 Å². The Bertz CT molecular complexity index is 1650. The van der Waals surface area contributed by atoms with E-state index < -0.39 is 6.51 Å². The molecule has 0 saturated carbocycles. The Morgan fingerprint density at radius 2 is 0.968 bits per heavy atom. The fourth-order valence-electron chi connectivity index (χ4n) is 19.7. The third-order valence-electron chi connectivity index (χ3n) is 18.2. The van der Waals surface area contributed by atoms with Crippen LogP contribution in [0.1, 0.15) is 20.7 Å². The molecular weight excluding hydrogens is 432 g/mol. The van der Waals surface area contributed by atoms with Crippen molar-refractivity contribution in [2.75, 3.05) is 14.2 Å². The number of rotatable bonds is 6. The zero-order chi connectivity index (χ0) is 20.5. The van der Waals surface area contributed by atoms with Crippen molar-refractivity contribution in [1.82, 2.24) is 0 Å². The van der Waals surface area contributed by atoms with Gasteiger partial charge in [0, 0.05) is 0 Å². The predicted octanol–water partition coefficient (Wildman–Crippen LogP) is 5.90. The zero-order valence-electron chi connectivity index (χ0n) is 17.2. The molecule has 4 nitrogen and oxygen atoms in total. The molecule has 2 aromatic carbocycles. The summed E-state index contributed by atoms with van der Waals surface area (Å²) in [5.41, 5.74) is 1.75. The van der Waals surface area contributed by atoms with Gasteiger partial charge in [0.25, 0.3) is 0 Å². The maximum atomic E-state index is 14.3. The molecule has 0 N–H and O–H groups in total. The summed E-state index contributed by atoms with van der Waals surface area (Å²) in [6.07, 6.45) is 0. The summed E-state index contributed by atoms with van der Waals surface area (Å²) >= 11 is 0. The van der Waals surface area contributed by atoms with E-state index >= 15 is 0 Å². The van der Waals surface area contributed by atoms with Crippen molar-refractivity contribution in [3.05, 3.63) is 59.7 Å². The van der Waals surface area contributed by atoms with Gasteiger partial charge in [-0.3, -0.25) is 0 Å². The van der Waals surface area contributed by atoms with Crippen molar-refractivity contribution in [3.63, 3.8) is 0 Å². The van der Waals surface area contributed by atoms with Gasteiger partial charge in [-0.25, -0.2) is 0 Å². The van der Waals surface area contributed by atoms with Crippen molar-refractivity contribution < 1.29 is 25.6 Å². The Kier molecular flexibility index (Phi) is 0.805. The zero-order valence-corrected chi connectivity index (χ0v) is 18.3. The van der Waals surface area contributed by atoms with Gasteiger partial charge in [-0.15, -0.1) is 0 Å². The van der Waals surface area contributed by atoms with Crippen molar-refractivity contribution in [2.24, 2.45) is 0 Å². The molecule has 10 heterocycles. The molecule has 1 spiro atoms. The molecule has 10 fully saturated rings. The van der Waals surface area contributed by atoms with Crippen LogP contribution >= 0.6 is 0 Å². The molecule has 8 unspecified atom stereocenters. The Morgan fingerprint density at radius 3 is 1.23 bits per heavy atom. The molecular formula is C26H22FeO4. The van der Waals surface area contributed by atoms with Crippen LogP contribution in [0.15, 0.2) is 48.5 Å². The SMILES string of the molecule is COc1ccc(C(=O)[C]23[CH]4[CH]5[CH]6[CH]2[Fe]56432789[CH]3[CH]2[CH]7[C]8(C(=O)c2ccc(OC)cc2)[CH]39)cc1. The molecule has 10 aliphatic rings. The Labute approximate surface area is 169 Å². The van der Waals surface area contributed by atoms with Crippen LogP contribution in [0.3, 0.4) is 0 Å². The number of benzene rings is 2. The fraction of sp³-hybridized carbons (Fsp3) is 0.462. The first-order valence-electron chi connectivity index (χ1n) is 11.4. The van der Waals surface area contributed by atoms with Crippen LogP contribution in [0.25, 0.3) is 0 Å². The summed E-state index contributed by atoms with van der Waals surface area (Å²) < 4.78 is 10.6. The minimum atomic E-state index is -4.21. The summed E-state index contributed by atoms with van der Waals surface area (Å²) in [7, 11) is 3.33. The van der Waals surface area contributed by atoms with E-state index in [1.807, 2.05) is 48.5 Å². The molecule has 2 aromatic rings. The van der Waals surface area contributed by atoms with E-state index in [2.05, 4.69) is 0 Å². The average Bonchev–Trinajstić information content (AvgIpc) is 3.77. The van der Waals surface area contributed by atoms with E-state index in [4.69, 9.17) is 9.47 Å². The van der Waals surface area contributed by atoms with Crippen LogP contribution < -0.4 is 9.47 Å². The van der Waals surface area contributed by atoms with Gasteiger partial charge in [-0.1, -0.05) is 0 Å². The number of Topliss-reactive ketones (excluding diaryl/α,β-unsaturated/α-hetero) is 2. The summed E-state index contributed by atoms with van der Waals surface area (Å²) in [4.78, 5) is 34.9. The summed E-state index contributed by atoms with van der Waals surface area (Å²) in [5, 5.41) is 0. The van der Waals surface area contributed by atoms with E-state index in [0.29, 0.717) is 30.8 Å². The number of hydrogen-bond donors (Lipinski definition) is 0. The van der Waals surface area contributed by atoms with Gasteiger partial charge >= 0.3 is 170 Å². The number of carbonyl (C=O) groups is 2. The second-order valence-electron chi connectivity index (χ2n) is 13.9. The van der Waals surface area contributed by atoms with E-state index in [-0.39, 0.29) is 8.63 Å². The van der Waals surface area contributed by atoms with Gasteiger partial charge in [-0.05, 0) is 0 Å². The van der Waals surface area contributed by atoms with E-state index in [0.717, 1.165) is 41.9 Å². The average molecular weight is 454 g/mol. The third kappa shape index (κ3) is 0.261. The molecule has 10 aliphatic heterocycles. The summed E-state index contributed by atoms with van der Waals surface area (Å²) in [6, 6.07) is 15.6. The molecule has 0 aromatic heterocycles. The van der Waals surface area contributed by atoms with Crippen LogP contribution in [0.5, 0.6) is 11.5 Å². The molecule has 0 bridgehead atoms. The van der Waals surface area contributed by atoms with Crippen molar-refractivity contribution >= 4 is 11.6 Å². The first-order valence-corrected chi connectivity index (χ1v) is 17.6. The van der Waals surface area contributed by atoms with E-state index in [1.54, 1.807) is 14.2 Å². The van der Waals surface area contributed by atoms with Crippen LogP contribution in [0.2, 0.25) is 47.2 Å². The summed E-state index contributed by atoms with van der Waals surface area (Å²) in [6.45, 7) is -4.21. The van der Waals surface area contributed by atoms with Gasteiger partial charge in [-0.2, -0.15) is 0 Å². The molecule has 5 heteroatoms. The number of ether oxygens (including phenoxy) is 2.